The van der Waals surface area contributed by atoms with Gasteiger partial charge in [-0.25, -0.2) is 4.99 Å². The zero-order chi connectivity index (χ0) is 20.0. The Bertz CT molecular complexity index is 983. The maximum absolute atomic E-state index is 12.6. The third-order valence-electron chi connectivity index (χ3n) is 5.88. The number of carbonyl (C=O) groups excluding carboxylic acids is 1. The van der Waals surface area contributed by atoms with Gasteiger partial charge in [-0.05, 0) is 44.0 Å². The van der Waals surface area contributed by atoms with E-state index in [2.05, 4.69) is 11.8 Å². The van der Waals surface area contributed by atoms with Crippen molar-refractivity contribution in [2.24, 2.45) is 10.9 Å². The largest absolute Gasteiger partial charge is 0.497 e. The highest BCUT2D eigenvalue weighted by molar-refractivity contribution is 6.04. The van der Waals surface area contributed by atoms with Crippen molar-refractivity contribution < 1.29 is 14.3 Å². The van der Waals surface area contributed by atoms with E-state index in [0.717, 1.165) is 66.8 Å². The number of benzene rings is 2. The highest BCUT2D eigenvalue weighted by Crippen LogP contribution is 2.40. The van der Waals surface area contributed by atoms with Crippen LogP contribution in [0.2, 0.25) is 0 Å². The van der Waals surface area contributed by atoms with Crippen LogP contribution < -0.4 is 9.47 Å². The molecule has 1 saturated carbocycles. The average molecular weight is 391 g/mol. The number of para-hydroxylation sites is 2. The summed E-state index contributed by atoms with van der Waals surface area (Å²) in [6.07, 6.45) is 2.09. The predicted molar refractivity (Wildman–Crippen MR) is 111 cm³/mol. The van der Waals surface area contributed by atoms with Gasteiger partial charge in [-0.3, -0.25) is 4.79 Å². The van der Waals surface area contributed by atoms with Crippen LogP contribution in [0.1, 0.15) is 25.3 Å². The van der Waals surface area contributed by atoms with Gasteiger partial charge >= 0.3 is 0 Å². The zero-order valence-electron chi connectivity index (χ0n) is 16.8. The maximum atomic E-state index is 12.6. The molecule has 6 nitrogen and oxygen atoms in total. The number of hydrogen-bond acceptors (Lipinski definition) is 5. The smallest absolute Gasteiger partial charge is 0.226 e. The van der Waals surface area contributed by atoms with Crippen LogP contribution in [0.4, 0.5) is 5.69 Å². The molecule has 2 heterocycles. The number of piperazine rings is 1. The van der Waals surface area contributed by atoms with Crippen molar-refractivity contribution in [1.29, 1.82) is 0 Å². The molecular weight excluding hydrogens is 366 g/mol. The van der Waals surface area contributed by atoms with Gasteiger partial charge in [0.05, 0.1) is 12.7 Å². The fourth-order valence-corrected chi connectivity index (χ4v) is 4.11. The molecule has 29 heavy (non-hydrogen) atoms. The molecule has 3 aliphatic rings. The van der Waals surface area contributed by atoms with Crippen LogP contribution in [-0.4, -0.2) is 54.3 Å². The molecular formula is C23H25N3O3. The van der Waals surface area contributed by atoms with Crippen molar-refractivity contribution in [3.63, 3.8) is 0 Å². The summed E-state index contributed by atoms with van der Waals surface area (Å²) in [4.78, 5) is 21.9. The van der Waals surface area contributed by atoms with E-state index in [9.17, 15) is 4.79 Å². The molecule has 6 heteroatoms. The predicted octanol–water partition coefficient (Wildman–Crippen LogP) is 3.82. The summed E-state index contributed by atoms with van der Waals surface area (Å²) >= 11 is 0. The second-order valence-electron chi connectivity index (χ2n) is 7.97. The molecule has 1 unspecified atom stereocenters. The minimum absolute atomic E-state index is 0.153. The van der Waals surface area contributed by atoms with Gasteiger partial charge in [0.15, 0.2) is 5.75 Å². The lowest BCUT2D eigenvalue weighted by atomic mass is 10.1. The number of ether oxygens (including phenoxy) is 2. The van der Waals surface area contributed by atoms with E-state index in [1.807, 2.05) is 47.4 Å². The van der Waals surface area contributed by atoms with Gasteiger partial charge in [0.2, 0.25) is 5.91 Å². The van der Waals surface area contributed by atoms with Gasteiger partial charge in [-0.1, -0.05) is 12.1 Å². The topological polar surface area (TPSA) is 54.4 Å². The average Bonchev–Trinajstić information content (AvgIpc) is 3.58. The number of methoxy groups -OCH3 is 1. The lowest BCUT2D eigenvalue weighted by molar-refractivity contribution is -0.136. The van der Waals surface area contributed by atoms with Crippen molar-refractivity contribution in [1.82, 2.24) is 9.80 Å². The van der Waals surface area contributed by atoms with Gasteiger partial charge in [0, 0.05) is 37.7 Å². The van der Waals surface area contributed by atoms with Crippen molar-refractivity contribution in [2.75, 3.05) is 26.7 Å². The third-order valence-corrected chi connectivity index (χ3v) is 5.88. The molecule has 2 aliphatic heterocycles. The van der Waals surface area contributed by atoms with E-state index in [-0.39, 0.29) is 12.0 Å². The van der Waals surface area contributed by atoms with E-state index in [0.29, 0.717) is 5.91 Å². The van der Waals surface area contributed by atoms with E-state index < -0.39 is 0 Å². The van der Waals surface area contributed by atoms with Crippen LogP contribution in [0, 0.1) is 5.92 Å². The highest BCUT2D eigenvalue weighted by atomic mass is 16.5. The number of amides is 1. The highest BCUT2D eigenvalue weighted by Gasteiger charge is 2.38. The molecule has 5 rings (SSSR count). The molecule has 150 valence electrons. The fourth-order valence-electron chi connectivity index (χ4n) is 4.11. The summed E-state index contributed by atoms with van der Waals surface area (Å²) < 4.78 is 11.6. The molecule has 2 aromatic carbocycles. The first-order valence-electron chi connectivity index (χ1n) is 10.2. The molecule has 0 N–H and O–H groups in total. The van der Waals surface area contributed by atoms with Crippen molar-refractivity contribution in [3.05, 3.63) is 48.0 Å². The number of hydrogen-bond donors (Lipinski definition) is 0. The number of carbonyl (C=O) groups is 1. The molecule has 2 fully saturated rings. The van der Waals surface area contributed by atoms with Crippen LogP contribution in [-0.2, 0) is 4.79 Å². The Kier molecular flexibility index (Phi) is 4.42. The first-order chi connectivity index (χ1) is 14.1. The Morgan fingerprint density at radius 2 is 1.97 bits per heavy atom. The van der Waals surface area contributed by atoms with Crippen LogP contribution in [0.5, 0.6) is 17.2 Å². The molecule has 1 saturated heterocycles. The minimum atomic E-state index is 0.153. The monoisotopic (exact) mass is 391 g/mol. The molecule has 1 atom stereocenters. The zero-order valence-corrected chi connectivity index (χ0v) is 16.8. The van der Waals surface area contributed by atoms with E-state index in [4.69, 9.17) is 14.5 Å². The minimum Gasteiger partial charge on any atom is -0.497 e. The normalized spacial score (nSPS) is 20.8. The van der Waals surface area contributed by atoms with E-state index >= 15 is 0 Å². The molecule has 2 aromatic rings. The summed E-state index contributed by atoms with van der Waals surface area (Å²) in [7, 11) is 1.65. The second-order valence-corrected chi connectivity index (χ2v) is 7.97. The molecule has 1 amide bonds. The van der Waals surface area contributed by atoms with E-state index in [1.54, 1.807) is 7.11 Å². The van der Waals surface area contributed by atoms with Gasteiger partial charge in [-0.2, -0.15) is 0 Å². The first kappa shape index (κ1) is 18.0. The number of aliphatic imine (C=N–C) groups is 1. The Balaban J connectivity index is 1.50. The Morgan fingerprint density at radius 3 is 2.72 bits per heavy atom. The lowest BCUT2D eigenvalue weighted by Crippen LogP contribution is -2.56. The Labute approximate surface area is 170 Å². The van der Waals surface area contributed by atoms with Crippen LogP contribution >= 0.6 is 0 Å². The SMILES string of the molecule is COc1ccc2c(c1)Oc1ccccc1N=C2N1CCN(C(=O)C2CC2)C(C)C1. The third kappa shape index (κ3) is 3.33. The lowest BCUT2D eigenvalue weighted by Gasteiger charge is -2.41. The van der Waals surface area contributed by atoms with Crippen LogP contribution in [0.25, 0.3) is 0 Å². The van der Waals surface area contributed by atoms with Crippen LogP contribution in [0.15, 0.2) is 47.5 Å². The number of rotatable bonds is 2. The molecule has 0 spiro atoms. The van der Waals surface area contributed by atoms with Crippen LogP contribution in [0.3, 0.4) is 0 Å². The van der Waals surface area contributed by atoms with Gasteiger partial charge in [-0.15, -0.1) is 0 Å². The maximum Gasteiger partial charge on any atom is 0.226 e. The van der Waals surface area contributed by atoms with Gasteiger partial charge in [0.25, 0.3) is 0 Å². The Morgan fingerprint density at radius 1 is 1.14 bits per heavy atom. The number of amidine groups is 1. The molecule has 0 bridgehead atoms. The summed E-state index contributed by atoms with van der Waals surface area (Å²) in [5, 5.41) is 0. The summed E-state index contributed by atoms with van der Waals surface area (Å²) in [5.41, 5.74) is 1.75. The quantitative estimate of drug-likeness (QED) is 0.781. The van der Waals surface area contributed by atoms with Crippen molar-refractivity contribution in [2.45, 2.75) is 25.8 Å². The molecule has 0 radical (unpaired) electrons. The van der Waals surface area contributed by atoms with Crippen molar-refractivity contribution in [3.8, 4) is 17.2 Å². The second kappa shape index (κ2) is 7.10. The van der Waals surface area contributed by atoms with Crippen molar-refractivity contribution >= 4 is 17.4 Å². The van der Waals surface area contributed by atoms with Gasteiger partial charge < -0.3 is 19.3 Å². The number of nitrogens with zero attached hydrogens (tertiary/aromatic N) is 3. The Hall–Kier alpha value is -3.02. The first-order valence-corrected chi connectivity index (χ1v) is 10.2. The van der Waals surface area contributed by atoms with Gasteiger partial charge in [0.1, 0.15) is 23.0 Å². The number of fused-ring (bicyclic) bond motifs is 2. The summed E-state index contributed by atoms with van der Waals surface area (Å²) in [6.45, 7) is 4.37. The van der Waals surface area contributed by atoms with E-state index in [1.165, 1.54) is 0 Å². The summed E-state index contributed by atoms with van der Waals surface area (Å²) in [5.74, 6) is 3.67. The molecule has 0 aromatic heterocycles. The standard InChI is InChI=1S/C23H25N3O3/c1-15-14-25(11-12-26(15)23(27)16-7-8-16)22-18-10-9-17(28-2)13-21(18)29-20-6-4-3-5-19(20)24-22/h3-6,9-10,13,15-16H,7-8,11-12,14H2,1-2H3. The molecule has 1 aliphatic carbocycles. The fraction of sp³-hybridized carbons (Fsp3) is 0.391. The summed E-state index contributed by atoms with van der Waals surface area (Å²) in [6, 6.07) is 13.8.